The molecule has 0 N–H and O–H groups in total. The largest absolute Gasteiger partial charge is 0.489 e. The minimum absolute atomic E-state index is 0.513. The Balaban J connectivity index is 1.65. The zero-order chi connectivity index (χ0) is 14.7. The van der Waals surface area contributed by atoms with Crippen LogP contribution in [0.25, 0.3) is 11.3 Å². The molecule has 0 spiro atoms. The van der Waals surface area contributed by atoms with Crippen LogP contribution in [0.1, 0.15) is 11.3 Å². The van der Waals surface area contributed by atoms with Crippen molar-refractivity contribution >= 4 is 11.6 Å². The number of aryl methyl sites for hydroxylation is 1. The quantitative estimate of drug-likeness (QED) is 0.688. The maximum Gasteiger partial charge on any atom is 0.134 e. The summed E-state index contributed by atoms with van der Waals surface area (Å²) in [4.78, 5) is 0. The highest BCUT2D eigenvalue weighted by Gasteiger charge is 2.04. The molecule has 0 amide bonds. The maximum absolute atomic E-state index is 5.85. The Kier molecular flexibility index (Phi) is 3.93. The number of hydrogen-bond donors (Lipinski definition) is 0. The number of halogens is 1. The van der Waals surface area contributed by atoms with E-state index in [1.807, 2.05) is 61.5 Å². The molecule has 1 heterocycles. The van der Waals surface area contributed by atoms with Crippen molar-refractivity contribution in [3.05, 3.63) is 70.9 Å². The molecular weight excluding hydrogens is 286 g/mol. The zero-order valence-corrected chi connectivity index (χ0v) is 12.3. The Bertz CT molecular complexity index is 717. The minimum Gasteiger partial charge on any atom is -0.489 e. The molecule has 0 fully saturated rings. The van der Waals surface area contributed by atoms with Crippen LogP contribution in [-0.2, 0) is 6.61 Å². The summed E-state index contributed by atoms with van der Waals surface area (Å²) in [6, 6.07) is 17.3. The highest BCUT2D eigenvalue weighted by atomic mass is 35.5. The van der Waals surface area contributed by atoms with Gasteiger partial charge in [-0.1, -0.05) is 28.9 Å². The van der Waals surface area contributed by atoms with E-state index < -0.39 is 0 Å². The molecule has 0 unspecified atom stereocenters. The third-order valence-electron chi connectivity index (χ3n) is 3.10. The summed E-state index contributed by atoms with van der Waals surface area (Å²) >= 11 is 5.85. The van der Waals surface area contributed by atoms with Crippen molar-refractivity contribution in [2.24, 2.45) is 0 Å². The van der Waals surface area contributed by atoms with Crippen molar-refractivity contribution in [3.63, 3.8) is 0 Å². The number of hydrogen-bond acceptors (Lipinski definition) is 3. The predicted molar refractivity (Wildman–Crippen MR) is 82.5 cm³/mol. The smallest absolute Gasteiger partial charge is 0.134 e. The van der Waals surface area contributed by atoms with E-state index in [-0.39, 0.29) is 0 Å². The van der Waals surface area contributed by atoms with Gasteiger partial charge in [0.05, 0.1) is 0 Å². The van der Waals surface area contributed by atoms with Gasteiger partial charge in [-0.2, -0.15) is 0 Å². The maximum atomic E-state index is 5.85. The second-order valence-electron chi connectivity index (χ2n) is 4.76. The molecule has 0 radical (unpaired) electrons. The van der Waals surface area contributed by atoms with E-state index in [4.69, 9.17) is 20.9 Å². The van der Waals surface area contributed by atoms with Crippen LogP contribution >= 0.6 is 11.6 Å². The molecule has 106 valence electrons. The Morgan fingerprint density at radius 2 is 1.76 bits per heavy atom. The minimum atomic E-state index is 0.513. The van der Waals surface area contributed by atoms with Crippen molar-refractivity contribution in [2.45, 2.75) is 13.5 Å². The van der Waals surface area contributed by atoms with Crippen LogP contribution in [0.3, 0.4) is 0 Å². The third kappa shape index (κ3) is 3.44. The Morgan fingerprint density at radius 3 is 2.38 bits per heavy atom. The summed E-state index contributed by atoms with van der Waals surface area (Å²) in [6.45, 7) is 2.39. The average molecular weight is 300 g/mol. The molecule has 1 aromatic heterocycles. The molecule has 0 aliphatic carbocycles. The molecule has 3 nitrogen and oxygen atoms in total. The molecule has 0 saturated heterocycles. The summed E-state index contributed by atoms with van der Waals surface area (Å²) in [5.74, 6) is 1.61. The number of benzene rings is 2. The second kappa shape index (κ2) is 6.02. The first-order valence-corrected chi connectivity index (χ1v) is 6.99. The number of aromatic nitrogens is 1. The van der Waals surface area contributed by atoms with Crippen LogP contribution in [0.5, 0.6) is 5.75 Å². The normalized spacial score (nSPS) is 10.6. The summed E-state index contributed by atoms with van der Waals surface area (Å²) < 4.78 is 10.8. The fraction of sp³-hybridized carbons (Fsp3) is 0.118. The van der Waals surface area contributed by atoms with Crippen LogP contribution in [-0.4, -0.2) is 5.16 Å². The molecule has 3 aromatic rings. The number of ether oxygens (including phenoxy) is 1. The lowest BCUT2D eigenvalue weighted by molar-refractivity contribution is 0.306. The first-order chi connectivity index (χ1) is 10.2. The Morgan fingerprint density at radius 1 is 1.05 bits per heavy atom. The van der Waals surface area contributed by atoms with Crippen molar-refractivity contribution < 1.29 is 9.26 Å². The van der Waals surface area contributed by atoms with E-state index in [0.29, 0.717) is 6.61 Å². The summed E-state index contributed by atoms with van der Waals surface area (Å²) in [5.41, 5.74) is 2.91. The fourth-order valence-corrected chi connectivity index (χ4v) is 2.10. The molecule has 3 rings (SSSR count). The van der Waals surface area contributed by atoms with E-state index >= 15 is 0 Å². The lowest BCUT2D eigenvalue weighted by Crippen LogP contribution is -1.94. The predicted octanol–water partition coefficient (Wildman–Crippen LogP) is 4.88. The first-order valence-electron chi connectivity index (χ1n) is 6.62. The highest BCUT2D eigenvalue weighted by Crippen LogP contribution is 2.22. The van der Waals surface area contributed by atoms with Crippen LogP contribution in [0.2, 0.25) is 5.02 Å². The van der Waals surface area contributed by atoms with Gasteiger partial charge in [0.15, 0.2) is 0 Å². The molecule has 21 heavy (non-hydrogen) atoms. The van der Waals surface area contributed by atoms with Gasteiger partial charge in [-0.05, 0) is 48.9 Å². The summed E-state index contributed by atoms with van der Waals surface area (Å²) in [6.07, 6.45) is 0. The average Bonchev–Trinajstić information content (AvgIpc) is 2.94. The van der Waals surface area contributed by atoms with E-state index in [2.05, 4.69) is 5.16 Å². The van der Waals surface area contributed by atoms with E-state index in [1.54, 1.807) is 0 Å². The van der Waals surface area contributed by atoms with Gasteiger partial charge in [-0.15, -0.1) is 0 Å². The van der Waals surface area contributed by atoms with Gasteiger partial charge in [0.25, 0.3) is 0 Å². The van der Waals surface area contributed by atoms with Gasteiger partial charge in [0.1, 0.15) is 23.8 Å². The van der Waals surface area contributed by atoms with Crippen LogP contribution in [0.4, 0.5) is 0 Å². The summed E-state index contributed by atoms with van der Waals surface area (Å²) in [7, 11) is 0. The number of rotatable bonds is 4. The summed E-state index contributed by atoms with van der Waals surface area (Å²) in [5, 5.41) is 4.72. The molecule has 0 atom stereocenters. The molecule has 2 aromatic carbocycles. The molecule has 4 heteroatoms. The zero-order valence-electron chi connectivity index (χ0n) is 11.5. The van der Waals surface area contributed by atoms with Crippen molar-refractivity contribution in [1.82, 2.24) is 5.16 Å². The molecule has 0 saturated carbocycles. The fourth-order valence-electron chi connectivity index (χ4n) is 1.97. The van der Waals surface area contributed by atoms with Crippen molar-refractivity contribution in [3.8, 4) is 17.0 Å². The first kappa shape index (κ1) is 13.7. The molecule has 0 aliphatic heterocycles. The molecule has 0 aliphatic rings. The van der Waals surface area contributed by atoms with Crippen molar-refractivity contribution in [2.75, 3.05) is 0 Å². The second-order valence-corrected chi connectivity index (χ2v) is 5.20. The van der Waals surface area contributed by atoms with Crippen LogP contribution < -0.4 is 4.74 Å². The van der Waals surface area contributed by atoms with E-state index in [9.17, 15) is 0 Å². The van der Waals surface area contributed by atoms with Gasteiger partial charge in [0.2, 0.25) is 0 Å². The SMILES string of the molecule is Cc1cc(-c2ccc(OCc3ccc(Cl)cc3)cc2)no1. The molecular formula is C17H14ClNO2. The topological polar surface area (TPSA) is 35.3 Å². The molecule has 0 bridgehead atoms. The van der Waals surface area contributed by atoms with Gasteiger partial charge in [-0.3, -0.25) is 0 Å². The van der Waals surface area contributed by atoms with Gasteiger partial charge >= 0.3 is 0 Å². The Hall–Kier alpha value is -2.26. The van der Waals surface area contributed by atoms with E-state index in [1.165, 1.54) is 0 Å². The lowest BCUT2D eigenvalue weighted by atomic mass is 10.1. The van der Waals surface area contributed by atoms with Crippen LogP contribution in [0, 0.1) is 6.92 Å². The van der Waals surface area contributed by atoms with Gasteiger partial charge in [-0.25, -0.2) is 0 Å². The van der Waals surface area contributed by atoms with Crippen molar-refractivity contribution in [1.29, 1.82) is 0 Å². The monoisotopic (exact) mass is 299 g/mol. The van der Waals surface area contributed by atoms with E-state index in [0.717, 1.165) is 33.4 Å². The van der Waals surface area contributed by atoms with Gasteiger partial charge in [0, 0.05) is 16.7 Å². The Labute approximate surface area is 128 Å². The lowest BCUT2D eigenvalue weighted by Gasteiger charge is -2.06. The highest BCUT2D eigenvalue weighted by molar-refractivity contribution is 6.30. The van der Waals surface area contributed by atoms with Gasteiger partial charge < -0.3 is 9.26 Å². The van der Waals surface area contributed by atoms with Crippen LogP contribution in [0.15, 0.2) is 59.1 Å². The number of nitrogens with zero attached hydrogens (tertiary/aromatic N) is 1. The standard InChI is InChI=1S/C17H14ClNO2/c1-12-10-17(19-21-12)14-4-8-16(9-5-14)20-11-13-2-6-15(18)7-3-13/h2-10H,11H2,1H3. The third-order valence-corrected chi connectivity index (χ3v) is 3.35.